The van der Waals surface area contributed by atoms with Crippen molar-refractivity contribution in [1.82, 2.24) is 4.90 Å². The van der Waals surface area contributed by atoms with Crippen LogP contribution in [0.1, 0.15) is 6.42 Å². The van der Waals surface area contributed by atoms with Crippen LogP contribution in [-0.4, -0.2) is 42.7 Å². The fourth-order valence-electron chi connectivity index (χ4n) is 1.24. The predicted octanol–water partition coefficient (Wildman–Crippen LogP) is -0.00680. The van der Waals surface area contributed by atoms with E-state index in [0.717, 1.165) is 19.6 Å². The second-order valence-electron chi connectivity index (χ2n) is 2.90. The molecule has 0 amide bonds. The van der Waals surface area contributed by atoms with E-state index in [0.29, 0.717) is 17.6 Å². The van der Waals surface area contributed by atoms with Gasteiger partial charge in [-0.05, 0) is 13.5 Å². The molecule has 0 spiro atoms. The molecule has 3 nitrogen and oxygen atoms in total. The van der Waals surface area contributed by atoms with E-state index >= 15 is 0 Å². The molecule has 0 bridgehead atoms. The van der Waals surface area contributed by atoms with Crippen LogP contribution >= 0.6 is 12.2 Å². The fraction of sp³-hybridized carbons (Fsp3) is 0.857. The topological polar surface area (TPSA) is 38.5 Å². The lowest BCUT2D eigenvalue weighted by atomic mass is 10.2. The molecule has 1 fully saturated rings. The molecule has 1 heterocycles. The van der Waals surface area contributed by atoms with Crippen molar-refractivity contribution in [3.8, 4) is 0 Å². The second kappa shape index (κ2) is 3.99. The van der Waals surface area contributed by atoms with E-state index in [1.807, 2.05) is 7.05 Å². The molecule has 1 aliphatic heterocycles. The van der Waals surface area contributed by atoms with Crippen LogP contribution in [0.25, 0.3) is 0 Å². The Morgan fingerprint density at radius 1 is 1.82 bits per heavy atom. The zero-order chi connectivity index (χ0) is 8.27. The Bertz CT molecular complexity index is 145. The van der Waals surface area contributed by atoms with Gasteiger partial charge in [0.15, 0.2) is 0 Å². The van der Waals surface area contributed by atoms with Crippen molar-refractivity contribution in [3.05, 3.63) is 0 Å². The monoisotopic (exact) mass is 174 g/mol. The first-order valence-electron chi connectivity index (χ1n) is 3.76. The highest BCUT2D eigenvalue weighted by atomic mass is 32.1. The Morgan fingerprint density at radius 2 is 2.55 bits per heavy atom. The van der Waals surface area contributed by atoms with Crippen LogP contribution in [0, 0.1) is 0 Å². The SMILES string of the molecule is CN(CC(N)=S)C1CCOC1. The highest BCUT2D eigenvalue weighted by Crippen LogP contribution is 2.09. The maximum absolute atomic E-state index is 5.41. The van der Waals surface area contributed by atoms with E-state index in [2.05, 4.69) is 4.90 Å². The summed E-state index contributed by atoms with van der Waals surface area (Å²) in [6.07, 6.45) is 1.10. The van der Waals surface area contributed by atoms with Crippen molar-refractivity contribution >= 4 is 17.2 Å². The zero-order valence-electron chi connectivity index (χ0n) is 6.75. The van der Waals surface area contributed by atoms with Gasteiger partial charge in [-0.25, -0.2) is 0 Å². The number of nitrogens with two attached hydrogens (primary N) is 1. The Morgan fingerprint density at radius 3 is 3.00 bits per heavy atom. The Labute approximate surface area is 72.5 Å². The number of hydrogen-bond donors (Lipinski definition) is 1. The third-order valence-electron chi connectivity index (χ3n) is 1.93. The molecule has 64 valence electrons. The van der Waals surface area contributed by atoms with E-state index in [9.17, 15) is 0 Å². The molecule has 1 atom stereocenters. The molecule has 0 saturated carbocycles. The minimum Gasteiger partial charge on any atom is -0.392 e. The molecule has 0 aliphatic carbocycles. The van der Waals surface area contributed by atoms with Crippen molar-refractivity contribution in [1.29, 1.82) is 0 Å². The Hall–Kier alpha value is -0.190. The number of likely N-dealkylation sites (N-methyl/N-ethyl adjacent to an activating group) is 1. The van der Waals surface area contributed by atoms with E-state index < -0.39 is 0 Å². The van der Waals surface area contributed by atoms with Crippen molar-refractivity contribution in [3.63, 3.8) is 0 Å². The van der Waals surface area contributed by atoms with Gasteiger partial charge in [-0.3, -0.25) is 4.90 Å². The molecule has 4 heteroatoms. The average Bonchev–Trinajstić information content (AvgIpc) is 2.35. The predicted molar refractivity (Wildman–Crippen MR) is 48.6 cm³/mol. The third-order valence-corrected chi connectivity index (χ3v) is 2.06. The van der Waals surface area contributed by atoms with Gasteiger partial charge in [-0.1, -0.05) is 12.2 Å². The maximum Gasteiger partial charge on any atom is 0.0870 e. The zero-order valence-corrected chi connectivity index (χ0v) is 7.56. The Balaban J connectivity index is 2.28. The summed E-state index contributed by atoms with van der Waals surface area (Å²) in [5.41, 5.74) is 5.41. The van der Waals surface area contributed by atoms with Crippen LogP contribution in [0.5, 0.6) is 0 Å². The lowest BCUT2D eigenvalue weighted by Crippen LogP contribution is -2.37. The normalized spacial score (nSPS) is 24.4. The highest BCUT2D eigenvalue weighted by molar-refractivity contribution is 7.80. The summed E-state index contributed by atoms with van der Waals surface area (Å²) in [5, 5.41) is 0. The fourth-order valence-corrected chi connectivity index (χ4v) is 1.45. The van der Waals surface area contributed by atoms with Gasteiger partial charge in [0.2, 0.25) is 0 Å². The molecule has 2 N–H and O–H groups in total. The van der Waals surface area contributed by atoms with Crippen LogP contribution in [0.2, 0.25) is 0 Å². The van der Waals surface area contributed by atoms with Crippen LogP contribution < -0.4 is 5.73 Å². The summed E-state index contributed by atoms with van der Waals surface area (Å²) in [6.45, 7) is 2.38. The first-order valence-corrected chi connectivity index (χ1v) is 4.17. The summed E-state index contributed by atoms with van der Waals surface area (Å²) < 4.78 is 5.23. The van der Waals surface area contributed by atoms with Crippen molar-refractivity contribution in [2.24, 2.45) is 5.73 Å². The second-order valence-corrected chi connectivity index (χ2v) is 3.42. The van der Waals surface area contributed by atoms with Gasteiger partial charge in [0.25, 0.3) is 0 Å². The molecule has 11 heavy (non-hydrogen) atoms. The minimum atomic E-state index is 0.511. The number of ether oxygens (including phenoxy) is 1. The third kappa shape index (κ3) is 2.73. The first-order chi connectivity index (χ1) is 5.20. The van der Waals surface area contributed by atoms with Crippen LogP contribution in [0.15, 0.2) is 0 Å². The van der Waals surface area contributed by atoms with Crippen LogP contribution in [0.3, 0.4) is 0 Å². The molecule has 1 unspecified atom stereocenters. The van der Waals surface area contributed by atoms with Crippen LogP contribution in [0.4, 0.5) is 0 Å². The number of hydrogen-bond acceptors (Lipinski definition) is 3. The molecule has 1 saturated heterocycles. The largest absolute Gasteiger partial charge is 0.392 e. The molecule has 0 aromatic heterocycles. The highest BCUT2D eigenvalue weighted by Gasteiger charge is 2.19. The molecule has 0 aromatic carbocycles. The van der Waals surface area contributed by atoms with E-state index in [1.54, 1.807) is 0 Å². The lowest BCUT2D eigenvalue weighted by molar-refractivity contribution is 0.166. The summed E-state index contributed by atoms with van der Waals surface area (Å²) in [6, 6.07) is 0.511. The summed E-state index contributed by atoms with van der Waals surface area (Å²) in [5.74, 6) is 0. The minimum absolute atomic E-state index is 0.511. The molecule has 0 radical (unpaired) electrons. The van der Waals surface area contributed by atoms with E-state index in [4.69, 9.17) is 22.7 Å². The summed E-state index contributed by atoms with van der Waals surface area (Å²) in [4.78, 5) is 2.70. The number of rotatable bonds is 3. The van der Waals surface area contributed by atoms with Gasteiger partial charge in [0.05, 0.1) is 11.6 Å². The van der Waals surface area contributed by atoms with Gasteiger partial charge in [-0.15, -0.1) is 0 Å². The maximum atomic E-state index is 5.41. The molecule has 0 aromatic rings. The van der Waals surface area contributed by atoms with Gasteiger partial charge in [-0.2, -0.15) is 0 Å². The molecular weight excluding hydrogens is 160 g/mol. The van der Waals surface area contributed by atoms with Gasteiger partial charge < -0.3 is 10.5 Å². The van der Waals surface area contributed by atoms with Crippen LogP contribution in [-0.2, 0) is 4.74 Å². The van der Waals surface area contributed by atoms with Gasteiger partial charge in [0.1, 0.15) is 0 Å². The van der Waals surface area contributed by atoms with Crippen molar-refractivity contribution in [2.45, 2.75) is 12.5 Å². The van der Waals surface area contributed by atoms with Gasteiger partial charge >= 0.3 is 0 Å². The number of nitrogens with zero attached hydrogens (tertiary/aromatic N) is 1. The summed E-state index contributed by atoms with van der Waals surface area (Å²) >= 11 is 4.80. The Kier molecular flexibility index (Phi) is 3.23. The molecule has 1 rings (SSSR count). The molecule has 1 aliphatic rings. The van der Waals surface area contributed by atoms with Crippen molar-refractivity contribution < 1.29 is 4.74 Å². The summed E-state index contributed by atoms with van der Waals surface area (Å²) in [7, 11) is 2.03. The average molecular weight is 174 g/mol. The van der Waals surface area contributed by atoms with Crippen molar-refractivity contribution in [2.75, 3.05) is 26.8 Å². The molecular formula is C7H14N2OS. The first kappa shape index (κ1) is 8.90. The van der Waals surface area contributed by atoms with Gasteiger partial charge in [0, 0.05) is 19.2 Å². The lowest BCUT2D eigenvalue weighted by Gasteiger charge is -2.21. The quantitative estimate of drug-likeness (QED) is 0.611. The number of thiocarbonyl (C=S) groups is 1. The standard InChI is InChI=1S/C7H14N2OS/c1-9(4-7(8)11)6-2-3-10-5-6/h6H,2-5H2,1H3,(H2,8,11). The van der Waals surface area contributed by atoms with E-state index in [1.165, 1.54) is 0 Å². The smallest absolute Gasteiger partial charge is 0.0870 e. The van der Waals surface area contributed by atoms with E-state index in [-0.39, 0.29) is 0 Å².